The van der Waals surface area contributed by atoms with Crippen LogP contribution in [0.25, 0.3) is 27.7 Å². The quantitative estimate of drug-likeness (QED) is 0.432. The van der Waals surface area contributed by atoms with Crippen molar-refractivity contribution in [1.29, 1.82) is 0 Å². The predicted octanol–water partition coefficient (Wildman–Crippen LogP) is 5.51. The molecule has 0 bridgehead atoms. The molecule has 0 saturated heterocycles. The second-order valence-corrected chi connectivity index (χ2v) is 6.98. The summed E-state index contributed by atoms with van der Waals surface area (Å²) in [5.74, 6) is -0.262. The first-order valence-corrected chi connectivity index (χ1v) is 9.51. The lowest BCUT2D eigenvalue weighted by Gasteiger charge is -2.12. The first-order valence-electron chi connectivity index (χ1n) is 9.51. The van der Waals surface area contributed by atoms with Crippen LogP contribution in [-0.4, -0.2) is 15.7 Å². The van der Waals surface area contributed by atoms with Crippen molar-refractivity contribution in [3.8, 4) is 16.8 Å². The highest BCUT2D eigenvalue weighted by molar-refractivity contribution is 5.87. The number of hydrogen-bond acceptors (Lipinski definition) is 2. The molecule has 4 aromatic rings. The summed E-state index contributed by atoms with van der Waals surface area (Å²) in [6.45, 7) is 3.77. The Kier molecular flexibility index (Phi) is 5.33. The number of nitrogens with zero attached hydrogens (tertiary/aromatic N) is 2. The van der Waals surface area contributed by atoms with Gasteiger partial charge in [-0.05, 0) is 47.0 Å². The Hall–Kier alpha value is -3.87. The molecule has 156 valence electrons. The Morgan fingerprint density at radius 1 is 1.06 bits per heavy atom. The first kappa shape index (κ1) is 20.4. The topological polar surface area (TPSA) is 46.9 Å². The number of rotatable bonds is 5. The number of carbonyl (C=O) groups is 1. The van der Waals surface area contributed by atoms with Crippen LogP contribution in [0.5, 0.6) is 0 Å². The smallest absolute Gasteiger partial charge is 0.348 e. The van der Waals surface area contributed by atoms with E-state index in [-0.39, 0.29) is 11.5 Å². The van der Waals surface area contributed by atoms with Crippen molar-refractivity contribution in [2.75, 3.05) is 0 Å². The van der Waals surface area contributed by atoms with Crippen molar-refractivity contribution in [3.05, 3.63) is 96.7 Å². The molecule has 4 rings (SSSR count). The fourth-order valence-electron chi connectivity index (χ4n) is 3.37. The summed E-state index contributed by atoms with van der Waals surface area (Å²) in [6.07, 6.45) is -1.42. The molecule has 0 aliphatic carbocycles. The Labute approximate surface area is 176 Å². The maximum absolute atomic E-state index is 13.4. The molecule has 3 aromatic carbocycles. The third-order valence-electron chi connectivity index (χ3n) is 4.88. The highest BCUT2D eigenvalue weighted by atomic mass is 19.4. The lowest BCUT2D eigenvalue weighted by Crippen LogP contribution is -2.19. The molecule has 1 heterocycles. The average Bonchev–Trinajstić information content (AvgIpc) is 3.20. The van der Waals surface area contributed by atoms with Gasteiger partial charge in [-0.15, -0.1) is 0 Å². The third kappa shape index (κ3) is 4.35. The van der Waals surface area contributed by atoms with Crippen LogP contribution in [0.4, 0.5) is 13.2 Å². The molecule has 1 aromatic heterocycles. The maximum Gasteiger partial charge on any atom is 0.417 e. The monoisotopic (exact) mass is 421 g/mol. The molecule has 0 radical (unpaired) electrons. The SMILES string of the molecule is C=CC(=O)NCc1cccc(-n2cc3ccc(-c4ccccc4C(F)(F)F)cc3n2)c1. The van der Waals surface area contributed by atoms with Crippen LogP contribution in [0.2, 0.25) is 0 Å². The Morgan fingerprint density at radius 2 is 1.87 bits per heavy atom. The van der Waals surface area contributed by atoms with Crippen molar-refractivity contribution in [3.63, 3.8) is 0 Å². The molecular formula is C24H18F3N3O. The number of benzene rings is 3. The van der Waals surface area contributed by atoms with Gasteiger partial charge in [-0.2, -0.15) is 18.3 Å². The minimum absolute atomic E-state index is 0.117. The molecule has 31 heavy (non-hydrogen) atoms. The van der Waals surface area contributed by atoms with Gasteiger partial charge in [0.2, 0.25) is 5.91 Å². The highest BCUT2D eigenvalue weighted by Crippen LogP contribution is 2.37. The van der Waals surface area contributed by atoms with E-state index in [0.29, 0.717) is 17.6 Å². The van der Waals surface area contributed by atoms with E-state index in [1.165, 1.54) is 18.2 Å². The fraction of sp³-hybridized carbons (Fsp3) is 0.0833. The van der Waals surface area contributed by atoms with E-state index in [9.17, 15) is 18.0 Å². The van der Waals surface area contributed by atoms with E-state index < -0.39 is 11.7 Å². The van der Waals surface area contributed by atoms with Crippen LogP contribution in [0.3, 0.4) is 0 Å². The lowest BCUT2D eigenvalue weighted by molar-refractivity contribution is -0.137. The molecule has 0 unspecified atom stereocenters. The van der Waals surface area contributed by atoms with Crippen LogP contribution in [-0.2, 0) is 17.5 Å². The number of nitrogens with one attached hydrogen (secondary N) is 1. The molecular weight excluding hydrogens is 403 g/mol. The zero-order valence-electron chi connectivity index (χ0n) is 16.4. The summed E-state index contributed by atoms with van der Waals surface area (Å²) in [7, 11) is 0. The second-order valence-electron chi connectivity index (χ2n) is 6.98. The van der Waals surface area contributed by atoms with Gasteiger partial charge >= 0.3 is 6.18 Å². The fourth-order valence-corrected chi connectivity index (χ4v) is 3.37. The molecule has 0 fully saturated rings. The summed E-state index contributed by atoms with van der Waals surface area (Å²) >= 11 is 0. The normalized spacial score (nSPS) is 11.5. The molecule has 0 spiro atoms. The van der Waals surface area contributed by atoms with Gasteiger partial charge < -0.3 is 5.32 Å². The van der Waals surface area contributed by atoms with Gasteiger partial charge in [-0.3, -0.25) is 4.79 Å². The number of alkyl halides is 3. The molecule has 7 heteroatoms. The Morgan fingerprint density at radius 3 is 2.65 bits per heavy atom. The van der Waals surface area contributed by atoms with Crippen molar-refractivity contribution < 1.29 is 18.0 Å². The zero-order valence-corrected chi connectivity index (χ0v) is 16.4. The molecule has 1 N–H and O–H groups in total. The van der Waals surface area contributed by atoms with Crippen molar-refractivity contribution in [1.82, 2.24) is 15.1 Å². The Bertz CT molecular complexity index is 1270. The standard InChI is InChI=1S/C24H18F3N3O/c1-2-23(31)28-14-16-6-5-7-19(12-16)30-15-18-11-10-17(13-22(18)29-30)20-8-3-4-9-21(20)24(25,26)27/h2-13,15H,1,14H2,(H,28,31). The molecule has 0 aliphatic rings. The first-order chi connectivity index (χ1) is 14.8. The minimum Gasteiger partial charge on any atom is -0.348 e. The van der Waals surface area contributed by atoms with Gasteiger partial charge in [-0.25, -0.2) is 4.68 Å². The lowest BCUT2D eigenvalue weighted by atomic mass is 9.98. The largest absolute Gasteiger partial charge is 0.417 e. The number of halogens is 3. The number of aromatic nitrogens is 2. The number of carbonyl (C=O) groups excluding carboxylic acids is 1. The molecule has 1 amide bonds. The van der Waals surface area contributed by atoms with E-state index in [2.05, 4.69) is 17.0 Å². The van der Waals surface area contributed by atoms with Crippen LogP contribution >= 0.6 is 0 Å². The molecule has 0 aliphatic heterocycles. The van der Waals surface area contributed by atoms with Gasteiger partial charge in [0, 0.05) is 18.1 Å². The molecule has 0 saturated carbocycles. The van der Waals surface area contributed by atoms with Crippen LogP contribution in [0.15, 0.2) is 85.6 Å². The van der Waals surface area contributed by atoms with Crippen molar-refractivity contribution in [2.24, 2.45) is 0 Å². The summed E-state index contributed by atoms with van der Waals surface area (Å²) in [5, 5.41) is 8.07. The van der Waals surface area contributed by atoms with E-state index in [1.54, 1.807) is 28.9 Å². The summed E-state index contributed by atoms with van der Waals surface area (Å²) < 4.78 is 41.9. The summed E-state index contributed by atoms with van der Waals surface area (Å²) in [4.78, 5) is 11.4. The van der Waals surface area contributed by atoms with Crippen molar-refractivity contribution >= 4 is 16.8 Å². The van der Waals surface area contributed by atoms with E-state index in [0.717, 1.165) is 22.7 Å². The Balaban J connectivity index is 1.68. The molecule has 0 atom stereocenters. The van der Waals surface area contributed by atoms with Gasteiger partial charge in [0.1, 0.15) is 0 Å². The number of fused-ring (bicyclic) bond motifs is 1. The van der Waals surface area contributed by atoms with Crippen LogP contribution in [0.1, 0.15) is 11.1 Å². The second kappa shape index (κ2) is 8.10. The van der Waals surface area contributed by atoms with Crippen LogP contribution < -0.4 is 5.32 Å². The summed E-state index contributed by atoms with van der Waals surface area (Å²) in [5.41, 5.74) is 2.13. The summed E-state index contributed by atoms with van der Waals surface area (Å²) in [6, 6.07) is 18.1. The predicted molar refractivity (Wildman–Crippen MR) is 114 cm³/mol. The number of amides is 1. The maximum atomic E-state index is 13.4. The van der Waals surface area contributed by atoms with E-state index >= 15 is 0 Å². The van der Waals surface area contributed by atoms with Crippen molar-refractivity contribution in [2.45, 2.75) is 12.7 Å². The number of hydrogen-bond donors (Lipinski definition) is 1. The van der Waals surface area contributed by atoms with Crippen LogP contribution in [0, 0.1) is 0 Å². The minimum atomic E-state index is -4.44. The average molecular weight is 421 g/mol. The van der Waals surface area contributed by atoms with E-state index in [4.69, 9.17) is 0 Å². The van der Waals surface area contributed by atoms with Gasteiger partial charge in [0.15, 0.2) is 0 Å². The van der Waals surface area contributed by atoms with Gasteiger partial charge in [0.25, 0.3) is 0 Å². The van der Waals surface area contributed by atoms with E-state index in [1.807, 2.05) is 30.5 Å². The van der Waals surface area contributed by atoms with Gasteiger partial charge in [-0.1, -0.05) is 49.0 Å². The van der Waals surface area contributed by atoms with Gasteiger partial charge in [0.05, 0.1) is 16.8 Å². The molecule has 4 nitrogen and oxygen atoms in total. The zero-order chi connectivity index (χ0) is 22.0. The highest BCUT2D eigenvalue weighted by Gasteiger charge is 2.33. The third-order valence-corrected chi connectivity index (χ3v) is 4.88.